The predicted octanol–water partition coefficient (Wildman–Crippen LogP) is 6.29. The highest BCUT2D eigenvalue weighted by Gasteiger charge is 2.38. The van der Waals surface area contributed by atoms with E-state index in [2.05, 4.69) is 47.2 Å². The molecule has 0 saturated carbocycles. The van der Waals surface area contributed by atoms with Crippen molar-refractivity contribution in [3.05, 3.63) is 114 Å². The van der Waals surface area contributed by atoms with Gasteiger partial charge in [-0.25, -0.2) is 9.78 Å². The van der Waals surface area contributed by atoms with Crippen molar-refractivity contribution in [3.63, 3.8) is 0 Å². The zero-order valence-corrected chi connectivity index (χ0v) is 22.5. The van der Waals surface area contributed by atoms with Crippen LogP contribution in [0.4, 0.5) is 13.2 Å². The third kappa shape index (κ3) is 6.28. The second-order valence-corrected chi connectivity index (χ2v) is 9.49. The summed E-state index contributed by atoms with van der Waals surface area (Å²) >= 11 is 0. The van der Waals surface area contributed by atoms with Gasteiger partial charge in [0.15, 0.2) is 5.60 Å². The maximum Gasteiger partial charge on any atom is 0.490 e. The van der Waals surface area contributed by atoms with Crippen molar-refractivity contribution in [2.24, 2.45) is 7.05 Å². The molecule has 0 saturated heterocycles. The number of carboxylic acids is 1. The Bertz CT molecular complexity index is 1620. The summed E-state index contributed by atoms with van der Waals surface area (Å²) in [6.07, 6.45) is 6.89. The normalized spacial score (nSPS) is 12.8. The number of carboxylic acid groups (broad SMARTS) is 1. The average Bonchev–Trinajstić information content (AvgIpc) is 3.42. The molecule has 0 radical (unpaired) electrons. The third-order valence-corrected chi connectivity index (χ3v) is 6.79. The van der Waals surface area contributed by atoms with Crippen LogP contribution in [0.3, 0.4) is 0 Å². The molecule has 0 spiro atoms. The van der Waals surface area contributed by atoms with Crippen molar-refractivity contribution >= 4 is 16.9 Å². The lowest BCUT2D eigenvalue weighted by atomic mass is 9.82. The summed E-state index contributed by atoms with van der Waals surface area (Å²) in [5, 5.41) is 20.5. The van der Waals surface area contributed by atoms with Crippen LogP contribution in [0.25, 0.3) is 22.0 Å². The zero-order valence-electron chi connectivity index (χ0n) is 22.5. The molecule has 0 bridgehead atoms. The van der Waals surface area contributed by atoms with E-state index in [0.29, 0.717) is 5.69 Å². The van der Waals surface area contributed by atoms with Crippen molar-refractivity contribution in [3.8, 4) is 11.1 Å². The molecule has 0 aliphatic heterocycles. The SMILES string of the molecule is CCCCc1c(-c2ccccc2)cnc2ccc(C(O)(c3ccncc3)c3cncn3C)cc12.O=C(O)C(F)(F)F. The zero-order chi connectivity index (χ0) is 29.6. The van der Waals surface area contributed by atoms with Gasteiger partial charge in [0.1, 0.15) is 0 Å². The molecule has 5 rings (SSSR count). The van der Waals surface area contributed by atoms with E-state index in [1.807, 2.05) is 48.1 Å². The van der Waals surface area contributed by atoms with Crippen LogP contribution in [0.2, 0.25) is 0 Å². The van der Waals surface area contributed by atoms with Crippen LogP contribution in [-0.4, -0.2) is 41.9 Å². The van der Waals surface area contributed by atoms with Crippen molar-refractivity contribution in [2.75, 3.05) is 0 Å². The van der Waals surface area contributed by atoms with E-state index in [1.54, 1.807) is 24.9 Å². The number of halogens is 3. The minimum Gasteiger partial charge on any atom is -0.475 e. The maximum absolute atomic E-state index is 12.3. The molecule has 3 heterocycles. The average molecular weight is 563 g/mol. The molecule has 2 N–H and O–H groups in total. The number of fused-ring (bicyclic) bond motifs is 1. The number of aryl methyl sites for hydroxylation is 2. The number of imidazole rings is 1. The number of benzene rings is 2. The summed E-state index contributed by atoms with van der Waals surface area (Å²) in [4.78, 5) is 22.1. The lowest BCUT2D eigenvalue weighted by molar-refractivity contribution is -0.192. The smallest absolute Gasteiger partial charge is 0.475 e. The number of nitrogens with zero attached hydrogens (tertiary/aromatic N) is 4. The molecule has 0 fully saturated rings. The Hall–Kier alpha value is -4.57. The molecule has 0 amide bonds. The Labute approximate surface area is 235 Å². The fourth-order valence-corrected chi connectivity index (χ4v) is 4.72. The topological polar surface area (TPSA) is 101 Å². The number of pyridine rings is 2. The van der Waals surface area contributed by atoms with Crippen LogP contribution in [0.15, 0.2) is 91.8 Å². The van der Waals surface area contributed by atoms with Gasteiger partial charge < -0.3 is 14.8 Å². The first-order valence-electron chi connectivity index (χ1n) is 12.9. The minimum absolute atomic E-state index is 0.695. The number of hydrogen-bond donors (Lipinski definition) is 2. The maximum atomic E-state index is 12.3. The van der Waals surface area contributed by atoms with Gasteiger partial charge in [-0.15, -0.1) is 0 Å². The van der Waals surface area contributed by atoms with E-state index in [9.17, 15) is 18.3 Å². The number of alkyl halides is 3. The number of aromatic nitrogens is 4. The number of hydrogen-bond acceptors (Lipinski definition) is 5. The van der Waals surface area contributed by atoms with Crippen molar-refractivity contribution in [2.45, 2.75) is 38.0 Å². The first kappa shape index (κ1) is 29.4. The van der Waals surface area contributed by atoms with E-state index in [1.165, 1.54) is 5.56 Å². The Balaban J connectivity index is 0.000000493. The van der Waals surface area contributed by atoms with Gasteiger partial charge in [0.05, 0.1) is 23.7 Å². The minimum atomic E-state index is -5.08. The van der Waals surface area contributed by atoms with Gasteiger partial charge in [0.25, 0.3) is 0 Å². The number of unbranched alkanes of at least 4 members (excludes halogenated alkanes) is 1. The van der Waals surface area contributed by atoms with E-state index in [0.717, 1.165) is 52.4 Å². The molecule has 7 nitrogen and oxygen atoms in total. The Morgan fingerprint density at radius 1 is 0.951 bits per heavy atom. The first-order chi connectivity index (χ1) is 19.6. The van der Waals surface area contributed by atoms with Crippen LogP contribution < -0.4 is 0 Å². The Kier molecular flexibility index (Phi) is 8.83. The summed E-state index contributed by atoms with van der Waals surface area (Å²) in [5.41, 5.74) is 5.33. The Morgan fingerprint density at radius 2 is 1.63 bits per heavy atom. The molecular weight excluding hydrogens is 533 g/mol. The van der Waals surface area contributed by atoms with Crippen LogP contribution in [0.1, 0.15) is 42.1 Å². The number of rotatable bonds is 7. The Morgan fingerprint density at radius 3 is 2.22 bits per heavy atom. The first-order valence-corrected chi connectivity index (χ1v) is 12.9. The van der Waals surface area contributed by atoms with Gasteiger partial charge in [0.2, 0.25) is 0 Å². The van der Waals surface area contributed by atoms with Gasteiger partial charge in [-0.3, -0.25) is 9.97 Å². The van der Waals surface area contributed by atoms with Gasteiger partial charge in [-0.2, -0.15) is 13.2 Å². The van der Waals surface area contributed by atoms with Gasteiger partial charge in [-0.1, -0.05) is 49.7 Å². The summed E-state index contributed by atoms with van der Waals surface area (Å²) < 4.78 is 33.6. The van der Waals surface area contributed by atoms with E-state index >= 15 is 0 Å². The molecular formula is C31H29F3N4O3. The molecule has 10 heteroatoms. The lowest BCUT2D eigenvalue weighted by Crippen LogP contribution is -2.31. The van der Waals surface area contributed by atoms with Crippen molar-refractivity contribution < 1.29 is 28.2 Å². The molecule has 1 unspecified atom stereocenters. The van der Waals surface area contributed by atoms with Crippen LogP contribution in [0, 0.1) is 0 Å². The molecule has 5 aromatic rings. The van der Waals surface area contributed by atoms with Crippen LogP contribution in [0.5, 0.6) is 0 Å². The largest absolute Gasteiger partial charge is 0.490 e. The number of carbonyl (C=O) groups is 1. The highest BCUT2D eigenvalue weighted by Crippen LogP contribution is 2.39. The van der Waals surface area contributed by atoms with Gasteiger partial charge in [-0.05, 0) is 59.4 Å². The summed E-state index contributed by atoms with van der Waals surface area (Å²) in [7, 11) is 1.90. The molecule has 2 aromatic carbocycles. The second kappa shape index (κ2) is 12.3. The molecule has 212 valence electrons. The predicted molar refractivity (Wildman–Crippen MR) is 149 cm³/mol. The molecule has 0 aliphatic rings. The number of aliphatic carboxylic acids is 1. The molecule has 0 aliphatic carbocycles. The van der Waals surface area contributed by atoms with Gasteiger partial charge in [0, 0.05) is 36.6 Å². The molecule has 41 heavy (non-hydrogen) atoms. The number of aliphatic hydroxyl groups is 1. The third-order valence-electron chi connectivity index (χ3n) is 6.79. The van der Waals surface area contributed by atoms with Crippen LogP contribution in [-0.2, 0) is 23.9 Å². The highest BCUT2D eigenvalue weighted by atomic mass is 19.4. The van der Waals surface area contributed by atoms with E-state index in [4.69, 9.17) is 14.9 Å². The fourth-order valence-electron chi connectivity index (χ4n) is 4.72. The van der Waals surface area contributed by atoms with Crippen LogP contribution >= 0.6 is 0 Å². The lowest BCUT2D eigenvalue weighted by Gasteiger charge is -2.30. The second-order valence-electron chi connectivity index (χ2n) is 9.49. The van der Waals surface area contributed by atoms with Crippen molar-refractivity contribution in [1.29, 1.82) is 0 Å². The summed E-state index contributed by atoms with van der Waals surface area (Å²) in [5.74, 6) is -2.76. The fraction of sp³-hybridized carbons (Fsp3) is 0.226. The molecule has 1 atom stereocenters. The highest BCUT2D eigenvalue weighted by molar-refractivity contribution is 5.89. The summed E-state index contributed by atoms with van der Waals surface area (Å²) in [6, 6.07) is 20.2. The van der Waals surface area contributed by atoms with E-state index < -0.39 is 17.7 Å². The quantitative estimate of drug-likeness (QED) is 0.242. The van der Waals surface area contributed by atoms with Crippen molar-refractivity contribution in [1.82, 2.24) is 19.5 Å². The van der Waals surface area contributed by atoms with E-state index in [-0.39, 0.29) is 0 Å². The molecule has 3 aromatic heterocycles. The monoisotopic (exact) mass is 562 g/mol. The summed E-state index contributed by atoms with van der Waals surface area (Å²) in [6.45, 7) is 2.21. The standard InChI is InChI=1S/C29H28N4O.C2HF3O2/c1-3-4-10-24-25-17-23(11-12-27(25)32-18-26(24)21-8-6-5-7-9-21)29(34,22-13-15-30-16-14-22)28-19-31-20-33(28)2;3-2(4,5)1(6)7/h5-9,11-20,34H,3-4,10H2,1-2H3;(H,6,7). The van der Waals surface area contributed by atoms with Gasteiger partial charge >= 0.3 is 12.1 Å².